The predicted molar refractivity (Wildman–Crippen MR) is 128 cm³/mol. The Bertz CT molecular complexity index is 1480. The molecular weight excluding hydrogens is 482 g/mol. The van der Waals surface area contributed by atoms with E-state index in [1.165, 1.54) is 31.5 Å². The molecule has 2 atom stereocenters. The van der Waals surface area contributed by atoms with Crippen LogP contribution in [0.25, 0.3) is 0 Å². The van der Waals surface area contributed by atoms with Crippen LogP contribution in [0, 0.1) is 0 Å². The lowest BCUT2D eigenvalue weighted by atomic mass is 9.72. The molecule has 0 fully saturated rings. The van der Waals surface area contributed by atoms with Crippen LogP contribution in [0.4, 0.5) is 5.69 Å². The summed E-state index contributed by atoms with van der Waals surface area (Å²) in [6.07, 6.45) is -1.28. The molecule has 2 aromatic carbocycles. The van der Waals surface area contributed by atoms with Gasteiger partial charge >= 0.3 is 0 Å². The smallest absolute Gasteiger partial charge is 0.252 e. The zero-order chi connectivity index (χ0) is 26.6. The lowest BCUT2D eigenvalue weighted by Crippen LogP contribution is -2.51. The van der Waals surface area contributed by atoms with Gasteiger partial charge < -0.3 is 36.2 Å². The van der Waals surface area contributed by atoms with Gasteiger partial charge in [0.05, 0.1) is 54.0 Å². The fourth-order valence-electron chi connectivity index (χ4n) is 4.99. The largest absolute Gasteiger partial charge is 0.507 e. The first-order valence-electron chi connectivity index (χ1n) is 11.3. The van der Waals surface area contributed by atoms with Crippen molar-refractivity contribution in [2.24, 2.45) is 0 Å². The summed E-state index contributed by atoms with van der Waals surface area (Å²) in [4.78, 5) is 43.7. The molecule has 5 rings (SSSR count). The average molecular weight is 505 g/mol. The first kappa shape index (κ1) is 24.2. The van der Waals surface area contributed by atoms with Gasteiger partial charge in [0.25, 0.3) is 5.91 Å². The quantitative estimate of drug-likeness (QED) is 0.217. The van der Waals surface area contributed by atoms with E-state index in [9.17, 15) is 34.8 Å². The van der Waals surface area contributed by atoms with Crippen LogP contribution in [0.5, 0.6) is 17.2 Å². The van der Waals surface area contributed by atoms with Crippen molar-refractivity contribution < 1.29 is 39.5 Å². The molecule has 37 heavy (non-hydrogen) atoms. The Balaban J connectivity index is 1.54. The number of fused-ring (bicyclic) bond motifs is 3. The van der Waals surface area contributed by atoms with Crippen LogP contribution in [0.2, 0.25) is 0 Å². The maximum Gasteiger partial charge on any atom is 0.252 e. The number of ketones is 2. The number of nitrogen functional groups attached to an aromatic ring is 1. The molecule has 3 aromatic rings. The number of nitrogens with one attached hydrogen (secondary N) is 1. The number of rotatable bonds is 4. The van der Waals surface area contributed by atoms with Crippen LogP contribution in [-0.4, -0.2) is 55.6 Å². The predicted octanol–water partition coefficient (Wildman–Crippen LogP) is 0.886. The molecular formula is C26H23N3O8. The van der Waals surface area contributed by atoms with Crippen molar-refractivity contribution in [3.8, 4) is 17.2 Å². The summed E-state index contributed by atoms with van der Waals surface area (Å²) in [6.45, 7) is -0.0442. The molecule has 0 bridgehead atoms. The fourth-order valence-corrected chi connectivity index (χ4v) is 4.99. The lowest BCUT2D eigenvalue weighted by molar-refractivity contribution is -0.144. The highest BCUT2D eigenvalue weighted by Gasteiger charge is 2.48. The van der Waals surface area contributed by atoms with Gasteiger partial charge in [-0.25, -0.2) is 0 Å². The Morgan fingerprint density at radius 1 is 1.14 bits per heavy atom. The number of ether oxygens (including phenoxy) is 1. The lowest BCUT2D eigenvalue weighted by Gasteiger charge is -2.37. The standard InChI is InChI=1S/C26H23N3O8/c1-37-16-4-2-3-13-18(16)24(34)20-19(21(13)31)22(32)14-7-26(36,8-15(30)17(14)23(20)33)25(35)29-10-12-6-5-11(27)9-28-12/h2-6,9,15,30,32-33,36H,7-8,10,27H2,1H3,(H,29,35). The Kier molecular flexibility index (Phi) is 5.61. The van der Waals surface area contributed by atoms with Crippen LogP contribution >= 0.6 is 0 Å². The van der Waals surface area contributed by atoms with E-state index in [1.807, 2.05) is 0 Å². The van der Waals surface area contributed by atoms with Crippen molar-refractivity contribution in [1.29, 1.82) is 0 Å². The molecule has 7 N–H and O–H groups in total. The van der Waals surface area contributed by atoms with Gasteiger partial charge in [0, 0.05) is 29.5 Å². The van der Waals surface area contributed by atoms with Gasteiger partial charge in [-0.3, -0.25) is 19.4 Å². The van der Waals surface area contributed by atoms with E-state index in [1.54, 1.807) is 12.1 Å². The van der Waals surface area contributed by atoms with E-state index in [0.29, 0.717) is 11.4 Å². The number of pyridine rings is 1. The molecule has 0 radical (unpaired) electrons. The van der Waals surface area contributed by atoms with Crippen LogP contribution < -0.4 is 15.8 Å². The summed E-state index contributed by atoms with van der Waals surface area (Å²) in [5.41, 5.74) is 2.84. The topological polar surface area (TPSA) is 192 Å². The van der Waals surface area contributed by atoms with Gasteiger partial charge in [-0.2, -0.15) is 0 Å². The van der Waals surface area contributed by atoms with Gasteiger partial charge in [-0.05, 0) is 18.2 Å². The van der Waals surface area contributed by atoms with Crippen molar-refractivity contribution in [3.05, 3.63) is 75.6 Å². The van der Waals surface area contributed by atoms with E-state index in [0.717, 1.165) is 0 Å². The van der Waals surface area contributed by atoms with Crippen LogP contribution in [0.15, 0.2) is 36.5 Å². The summed E-state index contributed by atoms with van der Waals surface area (Å²) in [6, 6.07) is 7.57. The average Bonchev–Trinajstić information content (AvgIpc) is 2.87. The molecule has 1 amide bonds. The minimum Gasteiger partial charge on any atom is -0.507 e. The number of phenolic OH excluding ortho intramolecular Hbond substituents is 2. The Morgan fingerprint density at radius 2 is 1.86 bits per heavy atom. The number of carbonyl (C=O) groups excluding carboxylic acids is 3. The highest BCUT2D eigenvalue weighted by molar-refractivity contribution is 6.31. The molecule has 11 heteroatoms. The molecule has 0 aliphatic heterocycles. The van der Waals surface area contributed by atoms with E-state index in [2.05, 4.69) is 10.3 Å². The number of amides is 1. The summed E-state index contributed by atoms with van der Waals surface area (Å²) in [7, 11) is 1.33. The molecule has 0 saturated carbocycles. The monoisotopic (exact) mass is 505 g/mol. The van der Waals surface area contributed by atoms with Crippen LogP contribution in [0.1, 0.15) is 61.2 Å². The summed E-state index contributed by atoms with van der Waals surface area (Å²) >= 11 is 0. The number of phenols is 2. The van der Waals surface area contributed by atoms with Crippen molar-refractivity contribution >= 4 is 23.2 Å². The minimum absolute atomic E-state index is 0.0353. The molecule has 2 aliphatic rings. The third-order valence-corrected chi connectivity index (χ3v) is 6.80. The van der Waals surface area contributed by atoms with Gasteiger partial charge in [-0.15, -0.1) is 0 Å². The maximum absolute atomic E-state index is 13.4. The molecule has 1 heterocycles. The fraction of sp³-hybridized carbons (Fsp3) is 0.231. The molecule has 11 nitrogen and oxygen atoms in total. The molecule has 0 spiro atoms. The SMILES string of the molecule is COc1cccc2c1C(=O)c1c(O)c3c(c(O)c1C2=O)CC(O)(C(=O)NCc1ccc(N)cn1)CC3O. The molecule has 1 aromatic heterocycles. The number of nitrogens with two attached hydrogens (primary N) is 1. The number of aliphatic hydroxyl groups excluding tert-OH is 1. The Labute approximate surface area is 210 Å². The van der Waals surface area contributed by atoms with Crippen molar-refractivity contribution in [2.75, 3.05) is 12.8 Å². The Morgan fingerprint density at radius 3 is 2.54 bits per heavy atom. The first-order valence-corrected chi connectivity index (χ1v) is 11.3. The van der Waals surface area contributed by atoms with Crippen LogP contribution in [0.3, 0.4) is 0 Å². The van der Waals surface area contributed by atoms with E-state index in [4.69, 9.17) is 10.5 Å². The van der Waals surface area contributed by atoms with Crippen LogP contribution in [-0.2, 0) is 17.8 Å². The maximum atomic E-state index is 13.4. The summed E-state index contributed by atoms with van der Waals surface area (Å²) < 4.78 is 5.21. The minimum atomic E-state index is -2.19. The summed E-state index contributed by atoms with van der Waals surface area (Å²) in [5.74, 6) is -3.65. The summed E-state index contributed by atoms with van der Waals surface area (Å²) in [5, 5.41) is 46.7. The number of benzene rings is 2. The second-order valence-corrected chi connectivity index (χ2v) is 9.07. The van der Waals surface area contributed by atoms with Crippen molar-refractivity contribution in [3.63, 3.8) is 0 Å². The molecule has 190 valence electrons. The number of hydrogen-bond acceptors (Lipinski definition) is 10. The zero-order valence-corrected chi connectivity index (χ0v) is 19.6. The number of nitrogens with zero attached hydrogens (tertiary/aromatic N) is 1. The second-order valence-electron chi connectivity index (χ2n) is 9.07. The number of hydrogen-bond donors (Lipinski definition) is 6. The van der Waals surface area contributed by atoms with Gasteiger partial charge in [-0.1, -0.05) is 12.1 Å². The highest BCUT2D eigenvalue weighted by atomic mass is 16.5. The van der Waals surface area contributed by atoms with Gasteiger partial charge in [0.1, 0.15) is 22.8 Å². The number of aromatic hydroxyl groups is 2. The zero-order valence-electron chi connectivity index (χ0n) is 19.6. The number of anilines is 1. The van der Waals surface area contributed by atoms with Crippen molar-refractivity contribution in [2.45, 2.75) is 31.1 Å². The molecule has 2 unspecified atom stereocenters. The number of methoxy groups -OCH3 is 1. The van der Waals surface area contributed by atoms with E-state index in [-0.39, 0.29) is 34.5 Å². The molecule has 2 aliphatic carbocycles. The van der Waals surface area contributed by atoms with Gasteiger partial charge in [0.15, 0.2) is 5.78 Å². The first-order chi connectivity index (χ1) is 17.6. The van der Waals surface area contributed by atoms with E-state index >= 15 is 0 Å². The second kappa shape index (κ2) is 8.57. The van der Waals surface area contributed by atoms with E-state index < -0.39 is 64.6 Å². The number of aliphatic hydroxyl groups is 2. The normalized spacial score (nSPS) is 20.0. The third kappa shape index (κ3) is 3.67. The number of carbonyl (C=O) groups is 3. The van der Waals surface area contributed by atoms with Gasteiger partial charge in [0.2, 0.25) is 5.78 Å². The Hall–Kier alpha value is -4.48. The van der Waals surface area contributed by atoms with Crippen molar-refractivity contribution in [1.82, 2.24) is 10.3 Å². The molecule has 0 saturated heterocycles. The third-order valence-electron chi connectivity index (χ3n) is 6.80. The number of aromatic nitrogens is 1. The highest BCUT2D eigenvalue weighted by Crippen LogP contribution is 2.50.